The Labute approximate surface area is 164 Å². The number of amides is 1. The van der Waals surface area contributed by atoms with Crippen LogP contribution < -0.4 is 4.74 Å². The van der Waals surface area contributed by atoms with Crippen LogP contribution >= 0.6 is 0 Å². The maximum atomic E-state index is 13.1. The van der Waals surface area contributed by atoms with Crippen LogP contribution in [-0.4, -0.2) is 29.4 Å². The van der Waals surface area contributed by atoms with Crippen molar-refractivity contribution in [3.8, 4) is 17.6 Å². The molecule has 0 radical (unpaired) electrons. The minimum absolute atomic E-state index is 0.0121. The molecular formula is C24H20N2O2. The number of rotatable bonds is 2. The summed E-state index contributed by atoms with van der Waals surface area (Å²) in [7, 11) is 1.60. The molecule has 2 aromatic carbocycles. The number of ether oxygens (including phenoxy) is 1. The second kappa shape index (κ2) is 7.98. The number of carbonyl (C=O) groups is 1. The Morgan fingerprint density at radius 1 is 1.04 bits per heavy atom. The molecule has 4 heteroatoms. The van der Waals surface area contributed by atoms with Gasteiger partial charge in [-0.2, -0.15) is 0 Å². The molecule has 0 saturated carbocycles. The first-order valence-electron chi connectivity index (χ1n) is 9.22. The molecule has 28 heavy (non-hydrogen) atoms. The summed E-state index contributed by atoms with van der Waals surface area (Å²) in [4.78, 5) is 19.2. The standard InChI is InChI=1S/C24H20N2O2/c1-28-23-12-10-20(16-19(23)9-11-22-8-4-5-14-25-22)24(27)26-15-13-18-6-2-3-7-21(18)17-26/h2-8,10,12,14,16H,13,15,17H2,1H3. The summed E-state index contributed by atoms with van der Waals surface area (Å²) in [6.45, 7) is 1.35. The van der Waals surface area contributed by atoms with E-state index in [1.807, 2.05) is 35.2 Å². The third-order valence-electron chi connectivity index (χ3n) is 4.85. The number of fused-ring (bicyclic) bond motifs is 1. The number of hydrogen-bond acceptors (Lipinski definition) is 3. The number of aromatic nitrogens is 1. The minimum Gasteiger partial charge on any atom is -0.495 e. The molecule has 4 rings (SSSR count). The van der Waals surface area contributed by atoms with Gasteiger partial charge >= 0.3 is 0 Å². The lowest BCUT2D eigenvalue weighted by Gasteiger charge is -2.29. The van der Waals surface area contributed by atoms with Gasteiger partial charge in [0.25, 0.3) is 5.91 Å². The molecule has 0 bridgehead atoms. The maximum Gasteiger partial charge on any atom is 0.254 e. The van der Waals surface area contributed by atoms with Crippen LogP contribution in [-0.2, 0) is 13.0 Å². The Bertz CT molecular complexity index is 1060. The van der Waals surface area contributed by atoms with E-state index in [1.165, 1.54) is 11.1 Å². The second-order valence-electron chi connectivity index (χ2n) is 6.63. The van der Waals surface area contributed by atoms with E-state index in [4.69, 9.17) is 4.74 Å². The fourth-order valence-corrected chi connectivity index (χ4v) is 3.36. The Morgan fingerprint density at radius 2 is 1.86 bits per heavy atom. The van der Waals surface area contributed by atoms with Crippen molar-refractivity contribution in [3.63, 3.8) is 0 Å². The highest BCUT2D eigenvalue weighted by Gasteiger charge is 2.22. The van der Waals surface area contributed by atoms with Gasteiger partial charge in [-0.1, -0.05) is 36.3 Å². The first-order valence-corrected chi connectivity index (χ1v) is 9.22. The summed E-state index contributed by atoms with van der Waals surface area (Å²) in [5, 5.41) is 0. The molecule has 0 N–H and O–H groups in total. The molecule has 3 aromatic rings. The van der Waals surface area contributed by atoms with Gasteiger partial charge in [-0.25, -0.2) is 4.98 Å². The van der Waals surface area contributed by atoms with Crippen LogP contribution in [0.5, 0.6) is 5.75 Å². The molecule has 4 nitrogen and oxygen atoms in total. The summed E-state index contributed by atoms with van der Waals surface area (Å²) in [5.41, 5.74) is 4.50. The van der Waals surface area contributed by atoms with E-state index in [0.717, 1.165) is 13.0 Å². The highest BCUT2D eigenvalue weighted by atomic mass is 16.5. The molecule has 1 amide bonds. The van der Waals surface area contributed by atoms with Gasteiger partial charge in [-0.3, -0.25) is 4.79 Å². The second-order valence-corrected chi connectivity index (χ2v) is 6.63. The molecule has 0 saturated heterocycles. The van der Waals surface area contributed by atoms with Crippen molar-refractivity contribution in [2.75, 3.05) is 13.7 Å². The van der Waals surface area contributed by atoms with E-state index in [-0.39, 0.29) is 5.91 Å². The van der Waals surface area contributed by atoms with Crippen LogP contribution in [0.3, 0.4) is 0 Å². The molecule has 2 heterocycles. The first kappa shape index (κ1) is 17.8. The zero-order valence-corrected chi connectivity index (χ0v) is 15.7. The van der Waals surface area contributed by atoms with Crippen LogP contribution in [0.2, 0.25) is 0 Å². The monoisotopic (exact) mass is 368 g/mol. The van der Waals surface area contributed by atoms with Crippen LogP contribution in [0.1, 0.15) is 32.7 Å². The molecule has 0 aliphatic carbocycles. The Kier molecular flexibility index (Phi) is 5.07. The van der Waals surface area contributed by atoms with Gasteiger partial charge < -0.3 is 9.64 Å². The third-order valence-corrected chi connectivity index (χ3v) is 4.85. The molecule has 0 spiro atoms. The lowest BCUT2D eigenvalue weighted by atomic mass is 9.99. The summed E-state index contributed by atoms with van der Waals surface area (Å²) in [6, 6.07) is 19.3. The largest absolute Gasteiger partial charge is 0.495 e. The van der Waals surface area contributed by atoms with E-state index >= 15 is 0 Å². The average Bonchev–Trinajstić information content (AvgIpc) is 2.77. The normalized spacial score (nSPS) is 12.5. The quantitative estimate of drug-likeness (QED) is 0.648. The lowest BCUT2D eigenvalue weighted by molar-refractivity contribution is 0.0734. The highest BCUT2D eigenvalue weighted by molar-refractivity contribution is 5.95. The number of carbonyl (C=O) groups excluding carboxylic acids is 1. The van der Waals surface area contributed by atoms with Crippen LogP contribution in [0.25, 0.3) is 0 Å². The predicted octanol–water partition coefficient (Wildman–Crippen LogP) is 3.69. The summed E-state index contributed by atoms with van der Waals surface area (Å²) >= 11 is 0. The van der Waals surface area contributed by atoms with Crippen LogP contribution in [0.15, 0.2) is 66.9 Å². The fraction of sp³-hybridized carbons (Fsp3) is 0.167. The van der Waals surface area contributed by atoms with E-state index in [2.05, 4.69) is 29.0 Å². The van der Waals surface area contributed by atoms with Gasteiger partial charge in [0.15, 0.2) is 0 Å². The SMILES string of the molecule is COc1ccc(C(=O)N2CCc3ccccc3C2)cc1C#Cc1ccccn1. The number of methoxy groups -OCH3 is 1. The molecule has 0 unspecified atom stereocenters. The van der Waals surface area contributed by atoms with E-state index in [9.17, 15) is 4.79 Å². The van der Waals surface area contributed by atoms with Gasteiger partial charge in [0, 0.05) is 24.8 Å². The van der Waals surface area contributed by atoms with Crippen LogP contribution in [0.4, 0.5) is 0 Å². The number of hydrogen-bond donors (Lipinski definition) is 0. The fourth-order valence-electron chi connectivity index (χ4n) is 3.36. The van der Waals surface area contributed by atoms with Gasteiger partial charge in [-0.05, 0) is 53.8 Å². The van der Waals surface area contributed by atoms with Crippen molar-refractivity contribution in [2.24, 2.45) is 0 Å². The van der Waals surface area contributed by atoms with Crippen molar-refractivity contribution in [1.29, 1.82) is 0 Å². The van der Waals surface area contributed by atoms with E-state index in [1.54, 1.807) is 31.5 Å². The van der Waals surface area contributed by atoms with E-state index < -0.39 is 0 Å². The third kappa shape index (κ3) is 3.74. The molecule has 1 aromatic heterocycles. The molecule has 1 aliphatic heterocycles. The van der Waals surface area contributed by atoms with Crippen LogP contribution in [0, 0.1) is 11.8 Å². The molecule has 1 aliphatic rings. The van der Waals surface area contributed by atoms with Crippen molar-refractivity contribution in [3.05, 3.63) is 94.8 Å². The zero-order valence-electron chi connectivity index (χ0n) is 15.7. The molecule has 0 fully saturated rings. The van der Waals surface area contributed by atoms with Gasteiger partial charge in [-0.15, -0.1) is 0 Å². The smallest absolute Gasteiger partial charge is 0.254 e. The molecule has 138 valence electrons. The summed E-state index contributed by atoms with van der Waals surface area (Å²) in [5.74, 6) is 6.77. The minimum atomic E-state index is 0.0121. The van der Waals surface area contributed by atoms with Crippen molar-refractivity contribution in [1.82, 2.24) is 9.88 Å². The summed E-state index contributed by atoms with van der Waals surface area (Å²) < 4.78 is 5.41. The summed E-state index contributed by atoms with van der Waals surface area (Å²) in [6.07, 6.45) is 2.58. The number of benzene rings is 2. The van der Waals surface area contributed by atoms with Gasteiger partial charge in [0.1, 0.15) is 11.4 Å². The topological polar surface area (TPSA) is 42.4 Å². The predicted molar refractivity (Wildman–Crippen MR) is 108 cm³/mol. The molecular weight excluding hydrogens is 348 g/mol. The number of nitrogens with zero attached hydrogens (tertiary/aromatic N) is 2. The van der Waals surface area contributed by atoms with Gasteiger partial charge in [0.2, 0.25) is 0 Å². The Balaban J connectivity index is 1.60. The Morgan fingerprint density at radius 3 is 2.64 bits per heavy atom. The van der Waals surface area contributed by atoms with Crippen molar-refractivity contribution >= 4 is 5.91 Å². The number of pyridine rings is 1. The first-order chi connectivity index (χ1) is 13.7. The maximum absolute atomic E-state index is 13.1. The van der Waals surface area contributed by atoms with E-state index in [0.29, 0.717) is 29.1 Å². The zero-order chi connectivity index (χ0) is 19.3. The van der Waals surface area contributed by atoms with Gasteiger partial charge in [0.05, 0.1) is 12.7 Å². The molecule has 0 atom stereocenters. The average molecular weight is 368 g/mol. The lowest BCUT2D eigenvalue weighted by Crippen LogP contribution is -2.35. The highest BCUT2D eigenvalue weighted by Crippen LogP contribution is 2.23. The van der Waals surface area contributed by atoms with Crippen molar-refractivity contribution in [2.45, 2.75) is 13.0 Å². The Hall–Kier alpha value is -3.58. The van der Waals surface area contributed by atoms with Crippen molar-refractivity contribution < 1.29 is 9.53 Å².